The smallest absolute Gasteiger partial charge is 0.337 e. The number of nitrogens with two attached hydrogens (primary N) is 1. The van der Waals surface area contributed by atoms with Gasteiger partial charge in [-0.1, -0.05) is 11.6 Å². The molecule has 0 saturated carbocycles. The quantitative estimate of drug-likeness (QED) is 0.752. The Kier molecular flexibility index (Phi) is 3.57. The molecular formula is C13H10ClFN2O2. The van der Waals surface area contributed by atoms with E-state index in [0.717, 1.165) is 0 Å². The second-order valence-electron chi connectivity index (χ2n) is 3.86. The first-order valence-corrected chi connectivity index (χ1v) is 5.70. The Labute approximate surface area is 113 Å². The van der Waals surface area contributed by atoms with Gasteiger partial charge in [0.15, 0.2) is 0 Å². The number of anilines is 3. The summed E-state index contributed by atoms with van der Waals surface area (Å²) in [5.74, 6) is -1.58. The van der Waals surface area contributed by atoms with Gasteiger partial charge in [0.1, 0.15) is 5.82 Å². The molecule has 2 aromatic carbocycles. The van der Waals surface area contributed by atoms with Gasteiger partial charge in [0.2, 0.25) is 0 Å². The van der Waals surface area contributed by atoms with E-state index < -0.39 is 11.8 Å². The lowest BCUT2D eigenvalue weighted by Crippen LogP contribution is -2.03. The SMILES string of the molecule is Nc1cc(Nc2cc(Cl)ccc2F)ccc1C(=O)O. The zero-order valence-electron chi connectivity index (χ0n) is 9.65. The van der Waals surface area contributed by atoms with E-state index in [1.54, 1.807) is 0 Å². The second-order valence-corrected chi connectivity index (χ2v) is 4.29. The minimum absolute atomic E-state index is 0.00267. The number of benzene rings is 2. The van der Waals surface area contributed by atoms with Crippen LogP contribution in [0.25, 0.3) is 0 Å². The Bertz CT molecular complexity index is 647. The first kappa shape index (κ1) is 13.2. The Morgan fingerprint density at radius 1 is 1.26 bits per heavy atom. The number of aromatic carboxylic acids is 1. The Morgan fingerprint density at radius 2 is 2.00 bits per heavy atom. The molecule has 2 aromatic rings. The fourth-order valence-corrected chi connectivity index (χ4v) is 1.76. The summed E-state index contributed by atoms with van der Waals surface area (Å²) < 4.78 is 13.5. The Morgan fingerprint density at radius 3 is 2.63 bits per heavy atom. The first-order chi connectivity index (χ1) is 8.97. The predicted molar refractivity (Wildman–Crippen MR) is 72.5 cm³/mol. The highest BCUT2D eigenvalue weighted by atomic mass is 35.5. The van der Waals surface area contributed by atoms with Crippen molar-refractivity contribution >= 4 is 34.6 Å². The molecule has 0 amide bonds. The maximum absolute atomic E-state index is 13.5. The van der Waals surface area contributed by atoms with Gasteiger partial charge in [0, 0.05) is 16.4 Å². The van der Waals surface area contributed by atoms with Crippen LogP contribution in [0.15, 0.2) is 36.4 Å². The Balaban J connectivity index is 2.31. The van der Waals surface area contributed by atoms with Gasteiger partial charge in [-0.05, 0) is 36.4 Å². The van der Waals surface area contributed by atoms with Gasteiger partial charge in [-0.25, -0.2) is 9.18 Å². The molecule has 0 aliphatic carbocycles. The summed E-state index contributed by atoms with van der Waals surface area (Å²) in [4.78, 5) is 10.8. The van der Waals surface area contributed by atoms with Gasteiger partial charge in [-0.15, -0.1) is 0 Å². The zero-order valence-corrected chi connectivity index (χ0v) is 10.4. The lowest BCUT2D eigenvalue weighted by molar-refractivity contribution is 0.0698. The summed E-state index contributed by atoms with van der Waals surface area (Å²) in [7, 11) is 0. The lowest BCUT2D eigenvalue weighted by atomic mass is 10.1. The molecule has 98 valence electrons. The summed E-state index contributed by atoms with van der Waals surface area (Å²) in [5, 5.41) is 12.0. The van der Waals surface area contributed by atoms with E-state index in [1.165, 1.54) is 36.4 Å². The van der Waals surface area contributed by atoms with Crippen molar-refractivity contribution < 1.29 is 14.3 Å². The van der Waals surface area contributed by atoms with E-state index in [0.29, 0.717) is 10.7 Å². The summed E-state index contributed by atoms with van der Waals surface area (Å²) in [6, 6.07) is 8.37. The van der Waals surface area contributed by atoms with Gasteiger partial charge >= 0.3 is 5.97 Å². The molecule has 0 saturated heterocycles. The molecule has 6 heteroatoms. The second kappa shape index (κ2) is 5.16. The van der Waals surface area contributed by atoms with Gasteiger partial charge in [0.05, 0.1) is 11.3 Å². The average Bonchev–Trinajstić information content (AvgIpc) is 2.33. The number of nitrogens with one attached hydrogen (secondary N) is 1. The van der Waals surface area contributed by atoms with Crippen LogP contribution >= 0.6 is 11.6 Å². The van der Waals surface area contributed by atoms with Crippen LogP contribution in [0.2, 0.25) is 5.02 Å². The molecule has 0 aromatic heterocycles. The van der Waals surface area contributed by atoms with Gasteiger partial charge in [-0.3, -0.25) is 0 Å². The van der Waals surface area contributed by atoms with Crippen molar-refractivity contribution in [3.8, 4) is 0 Å². The standard InChI is InChI=1S/C13H10ClFN2O2/c14-7-1-4-10(15)12(5-7)17-8-2-3-9(13(18)19)11(16)6-8/h1-6,17H,16H2,(H,18,19). The largest absolute Gasteiger partial charge is 0.478 e. The van der Waals surface area contributed by atoms with E-state index in [-0.39, 0.29) is 16.9 Å². The minimum atomic E-state index is -1.11. The highest BCUT2D eigenvalue weighted by Crippen LogP contribution is 2.25. The Hall–Kier alpha value is -2.27. The van der Waals surface area contributed by atoms with E-state index in [1.807, 2.05) is 0 Å². The van der Waals surface area contributed by atoms with Crippen molar-refractivity contribution in [3.63, 3.8) is 0 Å². The predicted octanol–water partition coefficient (Wildman–Crippen LogP) is 3.50. The summed E-state index contributed by atoms with van der Waals surface area (Å²) >= 11 is 5.77. The molecule has 4 nitrogen and oxygen atoms in total. The van der Waals surface area contributed by atoms with Crippen molar-refractivity contribution in [3.05, 3.63) is 52.8 Å². The third-order valence-electron chi connectivity index (χ3n) is 2.49. The molecule has 0 radical (unpaired) electrons. The molecule has 2 rings (SSSR count). The molecule has 19 heavy (non-hydrogen) atoms. The maximum atomic E-state index is 13.5. The van der Waals surface area contributed by atoms with Crippen LogP contribution in [0.5, 0.6) is 0 Å². The van der Waals surface area contributed by atoms with Crippen LogP contribution in [0, 0.1) is 5.82 Å². The van der Waals surface area contributed by atoms with E-state index in [9.17, 15) is 9.18 Å². The fraction of sp³-hybridized carbons (Fsp3) is 0. The van der Waals surface area contributed by atoms with Crippen molar-refractivity contribution in [1.82, 2.24) is 0 Å². The van der Waals surface area contributed by atoms with Crippen molar-refractivity contribution in [2.45, 2.75) is 0 Å². The van der Waals surface area contributed by atoms with E-state index >= 15 is 0 Å². The minimum Gasteiger partial charge on any atom is -0.478 e. The number of halogens is 2. The number of carboxylic acids is 1. The monoisotopic (exact) mass is 280 g/mol. The van der Waals surface area contributed by atoms with Crippen LogP contribution in [0.1, 0.15) is 10.4 Å². The summed E-state index contributed by atoms with van der Waals surface area (Å²) in [6.45, 7) is 0. The molecular weight excluding hydrogens is 271 g/mol. The molecule has 0 bridgehead atoms. The van der Waals surface area contributed by atoms with Gasteiger partial charge < -0.3 is 16.2 Å². The molecule has 0 atom stereocenters. The lowest BCUT2D eigenvalue weighted by Gasteiger charge is -2.09. The molecule has 0 aliphatic heterocycles. The fourth-order valence-electron chi connectivity index (χ4n) is 1.58. The normalized spacial score (nSPS) is 10.2. The molecule has 4 N–H and O–H groups in total. The molecule has 0 aliphatic rings. The molecule has 0 spiro atoms. The third-order valence-corrected chi connectivity index (χ3v) is 2.72. The number of carbonyl (C=O) groups is 1. The highest BCUT2D eigenvalue weighted by Gasteiger charge is 2.09. The molecule has 0 heterocycles. The summed E-state index contributed by atoms with van der Waals surface area (Å²) in [5.41, 5.74) is 6.36. The van der Waals surface area contributed by atoms with Crippen molar-refractivity contribution in [2.75, 3.05) is 11.1 Å². The summed E-state index contributed by atoms with van der Waals surface area (Å²) in [6.07, 6.45) is 0. The van der Waals surface area contributed by atoms with Crippen LogP contribution < -0.4 is 11.1 Å². The number of carboxylic acid groups (broad SMARTS) is 1. The van der Waals surface area contributed by atoms with E-state index in [4.69, 9.17) is 22.4 Å². The number of nitrogen functional groups attached to an aromatic ring is 1. The van der Waals surface area contributed by atoms with E-state index in [2.05, 4.69) is 5.32 Å². The van der Waals surface area contributed by atoms with Gasteiger partial charge in [0.25, 0.3) is 0 Å². The van der Waals surface area contributed by atoms with Crippen molar-refractivity contribution in [1.29, 1.82) is 0 Å². The molecule has 0 fully saturated rings. The average molecular weight is 281 g/mol. The highest BCUT2D eigenvalue weighted by molar-refractivity contribution is 6.30. The third kappa shape index (κ3) is 2.95. The van der Waals surface area contributed by atoms with Crippen LogP contribution in [0.4, 0.5) is 21.5 Å². The zero-order chi connectivity index (χ0) is 14.0. The maximum Gasteiger partial charge on any atom is 0.337 e. The molecule has 0 unspecified atom stereocenters. The van der Waals surface area contributed by atoms with Crippen LogP contribution in [-0.4, -0.2) is 11.1 Å². The van der Waals surface area contributed by atoms with Crippen LogP contribution in [-0.2, 0) is 0 Å². The number of hydrogen-bond donors (Lipinski definition) is 3. The van der Waals surface area contributed by atoms with Crippen molar-refractivity contribution in [2.24, 2.45) is 0 Å². The number of hydrogen-bond acceptors (Lipinski definition) is 3. The van der Waals surface area contributed by atoms with Crippen LogP contribution in [0.3, 0.4) is 0 Å². The topological polar surface area (TPSA) is 75.3 Å². The first-order valence-electron chi connectivity index (χ1n) is 5.32. The number of rotatable bonds is 3. The van der Waals surface area contributed by atoms with Gasteiger partial charge in [-0.2, -0.15) is 0 Å².